The summed E-state index contributed by atoms with van der Waals surface area (Å²) in [4.78, 5) is 15.1. The highest BCUT2D eigenvalue weighted by Gasteiger charge is 2.26. The van der Waals surface area contributed by atoms with E-state index in [4.69, 9.17) is 4.98 Å². The Morgan fingerprint density at radius 3 is 2.66 bits per heavy atom. The van der Waals surface area contributed by atoms with Gasteiger partial charge in [-0.15, -0.1) is 11.3 Å². The van der Waals surface area contributed by atoms with Crippen LogP contribution in [-0.2, 0) is 6.42 Å². The van der Waals surface area contributed by atoms with Gasteiger partial charge in [-0.05, 0) is 56.9 Å². The first kappa shape index (κ1) is 20.5. The normalized spacial score (nSPS) is 22.7. The predicted octanol–water partition coefficient (Wildman–Crippen LogP) is 5.25. The Morgan fingerprint density at radius 2 is 2.00 bits per heavy atom. The molecule has 2 fully saturated rings. The summed E-state index contributed by atoms with van der Waals surface area (Å²) in [6.07, 6.45) is 15.7. The van der Waals surface area contributed by atoms with Crippen LogP contribution in [0.3, 0.4) is 0 Å². The molecule has 0 aromatic carbocycles. The quantitative estimate of drug-likeness (QED) is 0.702. The number of thiazole rings is 1. The maximum Gasteiger partial charge on any atom is 0.140 e. The Bertz CT molecular complexity index is 859. The van der Waals surface area contributed by atoms with Crippen LogP contribution in [0.25, 0.3) is 16.6 Å². The summed E-state index contributed by atoms with van der Waals surface area (Å²) in [7, 11) is 0. The van der Waals surface area contributed by atoms with Gasteiger partial charge >= 0.3 is 0 Å². The lowest BCUT2D eigenvalue weighted by Crippen LogP contribution is -2.18. The number of aromatic nitrogens is 3. The second-order valence-electron chi connectivity index (χ2n) is 8.51. The molecule has 156 valence electrons. The smallest absolute Gasteiger partial charge is 0.140 e. The number of anilines is 1. The van der Waals surface area contributed by atoms with E-state index >= 15 is 0 Å². The third-order valence-electron chi connectivity index (χ3n) is 6.21. The summed E-state index contributed by atoms with van der Waals surface area (Å²) in [6.45, 7) is 4.56. The Labute approximate surface area is 177 Å². The van der Waals surface area contributed by atoms with Gasteiger partial charge in [0.1, 0.15) is 17.2 Å². The summed E-state index contributed by atoms with van der Waals surface area (Å²) in [5.74, 6) is 2.42. The zero-order valence-electron chi connectivity index (χ0n) is 17.5. The van der Waals surface area contributed by atoms with Crippen LogP contribution in [0.5, 0.6) is 0 Å². The van der Waals surface area contributed by atoms with E-state index in [-0.39, 0.29) is 6.61 Å². The fourth-order valence-corrected chi connectivity index (χ4v) is 5.28. The topological polar surface area (TPSA) is 70.9 Å². The number of hydrogen-bond acceptors (Lipinski definition) is 6. The van der Waals surface area contributed by atoms with E-state index in [2.05, 4.69) is 34.4 Å². The number of aliphatic hydroxyl groups excluding tert-OH is 1. The molecule has 3 aliphatic rings. The third kappa shape index (κ3) is 5.04. The fourth-order valence-electron chi connectivity index (χ4n) is 4.12. The van der Waals surface area contributed by atoms with Gasteiger partial charge in [0, 0.05) is 17.5 Å². The van der Waals surface area contributed by atoms with Gasteiger partial charge in [-0.25, -0.2) is 15.0 Å². The van der Waals surface area contributed by atoms with Crippen LogP contribution in [0, 0.1) is 18.8 Å². The average molecular weight is 413 g/mol. The molecule has 0 amide bonds. The first-order valence-corrected chi connectivity index (χ1v) is 11.8. The summed E-state index contributed by atoms with van der Waals surface area (Å²) in [6, 6.07) is 0.365. The van der Waals surface area contributed by atoms with E-state index in [0.29, 0.717) is 12.0 Å². The number of hydrogen-bond donors (Lipinski definition) is 2. The summed E-state index contributed by atoms with van der Waals surface area (Å²) in [5, 5.41) is 13.9. The van der Waals surface area contributed by atoms with Crippen molar-refractivity contribution in [3.63, 3.8) is 0 Å². The lowest BCUT2D eigenvalue weighted by atomic mass is 10.1. The van der Waals surface area contributed by atoms with Gasteiger partial charge in [-0.1, -0.05) is 32.3 Å². The number of nitrogens with one attached hydrogen (secondary N) is 1. The molecule has 0 saturated heterocycles. The first-order valence-electron chi connectivity index (χ1n) is 11.0. The van der Waals surface area contributed by atoms with Crippen molar-refractivity contribution in [2.75, 3.05) is 11.9 Å². The van der Waals surface area contributed by atoms with Gasteiger partial charge < -0.3 is 10.4 Å². The molecule has 2 aromatic heterocycles. The molecule has 2 unspecified atom stereocenters. The minimum atomic E-state index is 0.277. The van der Waals surface area contributed by atoms with E-state index < -0.39 is 0 Å². The van der Waals surface area contributed by atoms with Gasteiger partial charge in [-0.3, -0.25) is 0 Å². The molecule has 29 heavy (non-hydrogen) atoms. The van der Waals surface area contributed by atoms with Crippen LogP contribution in [0.15, 0.2) is 12.4 Å². The van der Waals surface area contributed by atoms with Crippen molar-refractivity contribution >= 4 is 23.2 Å². The molecule has 2 heterocycles. The summed E-state index contributed by atoms with van der Waals surface area (Å²) in [5.41, 5.74) is 3.08. The molecule has 2 N–H and O–H groups in total. The second kappa shape index (κ2) is 9.35. The van der Waals surface area contributed by atoms with E-state index in [1.165, 1.54) is 24.1 Å². The maximum absolute atomic E-state index is 9.35. The Balaban J connectivity index is 0.000000359. The van der Waals surface area contributed by atoms with E-state index in [0.717, 1.165) is 65.8 Å². The molecule has 0 aliphatic heterocycles. The molecule has 6 heteroatoms. The first-order chi connectivity index (χ1) is 14.2. The SMILES string of the molecule is CCC1CC1.Cc1ncnc(NC2CCC(CO)C2)c1-c1nc2c(s1)CCC=C2. The van der Waals surface area contributed by atoms with Crippen molar-refractivity contribution < 1.29 is 5.11 Å². The molecule has 0 bridgehead atoms. The van der Waals surface area contributed by atoms with Gasteiger partial charge in [0.2, 0.25) is 0 Å². The zero-order valence-corrected chi connectivity index (χ0v) is 18.3. The van der Waals surface area contributed by atoms with E-state index in [1.54, 1.807) is 17.7 Å². The number of allylic oxidation sites excluding steroid dienone is 1. The summed E-state index contributed by atoms with van der Waals surface area (Å²) < 4.78 is 0. The van der Waals surface area contributed by atoms with Crippen LogP contribution < -0.4 is 5.32 Å². The molecule has 3 aliphatic carbocycles. The minimum absolute atomic E-state index is 0.277. The Kier molecular flexibility index (Phi) is 6.60. The molecule has 0 radical (unpaired) electrons. The van der Waals surface area contributed by atoms with Crippen LogP contribution in [0.1, 0.15) is 68.1 Å². The van der Waals surface area contributed by atoms with Crippen LogP contribution in [-0.4, -0.2) is 32.7 Å². The lowest BCUT2D eigenvalue weighted by molar-refractivity contribution is 0.229. The van der Waals surface area contributed by atoms with Gasteiger partial charge in [0.05, 0.1) is 17.0 Å². The molecule has 2 atom stereocenters. The van der Waals surface area contributed by atoms with Crippen molar-refractivity contribution in [3.8, 4) is 10.6 Å². The predicted molar refractivity (Wildman–Crippen MR) is 120 cm³/mol. The number of aliphatic hydroxyl groups is 1. The average Bonchev–Trinajstić information content (AvgIpc) is 3.32. The van der Waals surface area contributed by atoms with Crippen molar-refractivity contribution in [1.82, 2.24) is 15.0 Å². The maximum atomic E-state index is 9.35. The third-order valence-corrected chi connectivity index (χ3v) is 7.36. The molecular weight excluding hydrogens is 380 g/mol. The number of fused-ring (bicyclic) bond motifs is 1. The van der Waals surface area contributed by atoms with Crippen LogP contribution >= 0.6 is 11.3 Å². The van der Waals surface area contributed by atoms with Crippen LogP contribution in [0.2, 0.25) is 0 Å². The molecule has 0 spiro atoms. The minimum Gasteiger partial charge on any atom is -0.396 e. The highest BCUT2D eigenvalue weighted by Crippen LogP contribution is 2.37. The monoisotopic (exact) mass is 412 g/mol. The summed E-state index contributed by atoms with van der Waals surface area (Å²) >= 11 is 1.76. The highest BCUT2D eigenvalue weighted by atomic mass is 32.1. The Morgan fingerprint density at radius 1 is 1.17 bits per heavy atom. The standard InChI is InChI=1S/C18H22N4OS.C5H10/c1-11-16(18-22-14-4-2-3-5-15(14)24-18)17(20-10-19-11)21-13-7-6-12(8-13)9-23;1-2-5-3-4-5/h2,4,10,12-13,23H,3,5-9H2,1H3,(H,19,20,21);5H,2-4H2,1H3. The van der Waals surface area contributed by atoms with Crippen molar-refractivity contribution in [1.29, 1.82) is 0 Å². The zero-order chi connectivity index (χ0) is 20.2. The fraction of sp³-hybridized carbons (Fsp3) is 0.609. The number of nitrogens with zero attached hydrogens (tertiary/aromatic N) is 3. The van der Waals surface area contributed by atoms with Gasteiger partial charge in [0.25, 0.3) is 0 Å². The molecule has 2 aromatic rings. The second-order valence-corrected chi connectivity index (χ2v) is 9.59. The highest BCUT2D eigenvalue weighted by molar-refractivity contribution is 7.15. The molecule has 5 rings (SSSR count). The molecular formula is C23H32N4OS. The van der Waals surface area contributed by atoms with Crippen molar-refractivity contribution in [2.24, 2.45) is 11.8 Å². The molecule has 5 nitrogen and oxygen atoms in total. The molecule has 2 saturated carbocycles. The van der Waals surface area contributed by atoms with Gasteiger partial charge in [0.15, 0.2) is 0 Å². The van der Waals surface area contributed by atoms with Crippen molar-refractivity contribution in [3.05, 3.63) is 28.7 Å². The van der Waals surface area contributed by atoms with E-state index in [9.17, 15) is 5.11 Å². The van der Waals surface area contributed by atoms with Crippen LogP contribution in [0.4, 0.5) is 5.82 Å². The van der Waals surface area contributed by atoms with Crippen molar-refractivity contribution in [2.45, 2.75) is 71.3 Å². The van der Waals surface area contributed by atoms with E-state index in [1.807, 2.05) is 6.92 Å². The largest absolute Gasteiger partial charge is 0.396 e. The van der Waals surface area contributed by atoms with Gasteiger partial charge in [-0.2, -0.15) is 0 Å². The number of aryl methyl sites for hydroxylation is 2. The lowest BCUT2D eigenvalue weighted by Gasteiger charge is -2.16. The number of rotatable bonds is 5. The Hall–Kier alpha value is -1.79.